The molecule has 0 spiro atoms. The highest BCUT2D eigenvalue weighted by Crippen LogP contribution is 2.61. The van der Waals surface area contributed by atoms with Crippen molar-refractivity contribution in [3.8, 4) is 11.1 Å². The number of fused-ring (bicyclic) bond motifs is 11. The minimum atomic E-state index is -0.761. The largest absolute Gasteiger partial charge is 0.454 e. The lowest BCUT2D eigenvalue weighted by Crippen LogP contribution is -2.29. The third kappa shape index (κ3) is 6.40. The zero-order valence-electron chi connectivity index (χ0n) is 41.2. The molecule has 4 heteroatoms. The average Bonchev–Trinajstić information content (AvgIpc) is 4.12. The van der Waals surface area contributed by atoms with E-state index in [1.807, 2.05) is 6.07 Å². The van der Waals surface area contributed by atoms with Crippen LogP contribution in [0.1, 0.15) is 44.5 Å². The van der Waals surface area contributed by atoms with Gasteiger partial charge in [-0.25, -0.2) is 0 Å². The Morgan fingerprint density at radius 2 is 0.767 bits per heavy atom. The summed E-state index contributed by atoms with van der Waals surface area (Å²) in [6, 6.07) is 84.4. The van der Waals surface area contributed by atoms with E-state index in [0.717, 1.165) is 83.4 Å². The number of hydrogen-bond donors (Lipinski definition) is 0. The van der Waals surface area contributed by atoms with Crippen LogP contribution in [0.4, 0.5) is 34.1 Å². The van der Waals surface area contributed by atoms with E-state index >= 15 is 0 Å². The Labute approximate surface area is 424 Å². The fraction of sp³-hybridized carbons (Fsp3) is 0.0725. The highest BCUT2D eigenvalue weighted by atomic mass is 16.3. The van der Waals surface area contributed by atoms with Crippen LogP contribution in [0, 0.1) is 27.7 Å². The van der Waals surface area contributed by atoms with Crippen LogP contribution in [0.3, 0.4) is 0 Å². The Hall–Kier alpha value is -9.12. The molecule has 0 atom stereocenters. The van der Waals surface area contributed by atoms with E-state index in [0.29, 0.717) is 0 Å². The first-order chi connectivity index (χ1) is 35.9. The van der Waals surface area contributed by atoms with Crippen molar-refractivity contribution in [2.24, 2.45) is 0 Å². The highest BCUT2D eigenvalue weighted by molar-refractivity contribution is 6.15. The minimum Gasteiger partial charge on any atom is -0.454 e. The fourth-order valence-corrected chi connectivity index (χ4v) is 12.0. The maximum atomic E-state index is 6.91. The van der Waals surface area contributed by atoms with Gasteiger partial charge < -0.3 is 18.6 Å². The van der Waals surface area contributed by atoms with Crippen LogP contribution in [0.2, 0.25) is 0 Å². The van der Waals surface area contributed by atoms with Gasteiger partial charge in [-0.3, -0.25) is 0 Å². The molecule has 14 rings (SSSR count). The second kappa shape index (κ2) is 16.5. The van der Waals surface area contributed by atoms with E-state index < -0.39 is 5.41 Å². The van der Waals surface area contributed by atoms with E-state index in [1.54, 1.807) is 0 Å². The van der Waals surface area contributed by atoms with Crippen LogP contribution in [0.15, 0.2) is 239 Å². The maximum absolute atomic E-state index is 6.91. The number of benzene rings is 11. The summed E-state index contributed by atoms with van der Waals surface area (Å²) in [5, 5.41) is 6.70. The van der Waals surface area contributed by atoms with Crippen LogP contribution in [0.5, 0.6) is 0 Å². The molecule has 1 aliphatic rings. The predicted molar refractivity (Wildman–Crippen MR) is 304 cm³/mol. The number of furan rings is 2. The molecule has 0 aliphatic heterocycles. The van der Waals surface area contributed by atoms with Crippen molar-refractivity contribution in [1.29, 1.82) is 0 Å². The first-order valence-electron chi connectivity index (χ1n) is 25.2. The second-order valence-electron chi connectivity index (χ2n) is 19.8. The summed E-state index contributed by atoms with van der Waals surface area (Å²) in [5.74, 6) is 0. The number of para-hydroxylation sites is 4. The SMILES string of the molecule is Cc1ccc(N(c2ccc3c(c2)C(c2ccccc2)(c2ccccc2)c2cc(N(c4ccc(C)c(C)c4)c4cccc5c4oc4ccccc45)c4ccccc4c2-3)c2cccc3c2oc2ccccc23)cc1C. The van der Waals surface area contributed by atoms with Gasteiger partial charge in [0.2, 0.25) is 0 Å². The highest BCUT2D eigenvalue weighted by Gasteiger charge is 2.48. The van der Waals surface area contributed by atoms with E-state index in [9.17, 15) is 0 Å². The standard InChI is InChI=1S/C69H50N2O2/c1-43-33-35-49(39-45(43)3)70(61-29-17-27-56-53-24-13-15-31-64(53)72-67(56)61)51-37-38-58-59(41-51)69(47-19-7-5-8-20-47,48-21-9-6-10-22-48)60-42-63(52-23-11-12-26-55(52)66(58)60)71(50-36-34-44(2)46(4)40-50)62-30-18-28-57-54-25-14-16-32-65(54)73-68(57)62/h5-42H,1-4H3. The van der Waals surface area contributed by atoms with Gasteiger partial charge in [0.1, 0.15) is 11.2 Å². The van der Waals surface area contributed by atoms with E-state index in [2.05, 4.69) is 262 Å². The molecule has 73 heavy (non-hydrogen) atoms. The number of hydrogen-bond acceptors (Lipinski definition) is 4. The van der Waals surface area contributed by atoms with Crippen molar-refractivity contribution in [3.63, 3.8) is 0 Å². The van der Waals surface area contributed by atoms with E-state index in [4.69, 9.17) is 8.83 Å². The van der Waals surface area contributed by atoms with Crippen LogP contribution in [-0.2, 0) is 5.41 Å². The van der Waals surface area contributed by atoms with Gasteiger partial charge in [0.15, 0.2) is 11.2 Å². The molecule has 0 unspecified atom stereocenters. The Kier molecular flexibility index (Phi) is 9.65. The predicted octanol–water partition coefficient (Wildman–Crippen LogP) is 19.2. The Bertz CT molecular complexity index is 4290. The molecule has 0 saturated heterocycles. The van der Waals surface area contributed by atoms with Crippen LogP contribution in [0.25, 0.3) is 65.8 Å². The molecule has 4 nitrogen and oxygen atoms in total. The number of nitrogens with zero attached hydrogens (tertiary/aromatic N) is 2. The topological polar surface area (TPSA) is 32.8 Å². The normalized spacial score (nSPS) is 12.8. The van der Waals surface area contributed by atoms with Gasteiger partial charge in [0, 0.05) is 44.0 Å². The maximum Gasteiger partial charge on any atom is 0.159 e. The second-order valence-corrected chi connectivity index (χ2v) is 19.8. The molecular formula is C69H50N2O2. The van der Waals surface area contributed by atoms with Gasteiger partial charge in [0.05, 0.1) is 22.5 Å². The third-order valence-corrected chi connectivity index (χ3v) is 15.8. The summed E-state index contributed by atoms with van der Waals surface area (Å²) in [7, 11) is 0. The molecule has 0 bridgehead atoms. The van der Waals surface area contributed by atoms with Gasteiger partial charge in [-0.2, -0.15) is 0 Å². The monoisotopic (exact) mass is 938 g/mol. The van der Waals surface area contributed by atoms with Gasteiger partial charge >= 0.3 is 0 Å². The number of anilines is 6. The van der Waals surface area contributed by atoms with Gasteiger partial charge in [-0.1, -0.05) is 164 Å². The summed E-state index contributed by atoms with van der Waals surface area (Å²) < 4.78 is 13.8. The molecule has 0 radical (unpaired) electrons. The lowest BCUT2D eigenvalue weighted by atomic mass is 9.67. The quantitative estimate of drug-likeness (QED) is 0.152. The summed E-state index contributed by atoms with van der Waals surface area (Å²) in [6.07, 6.45) is 0. The van der Waals surface area contributed by atoms with Crippen LogP contribution >= 0.6 is 0 Å². The van der Waals surface area contributed by atoms with E-state index in [1.165, 1.54) is 61.0 Å². The summed E-state index contributed by atoms with van der Waals surface area (Å²) in [4.78, 5) is 4.85. The third-order valence-electron chi connectivity index (χ3n) is 15.8. The van der Waals surface area contributed by atoms with Crippen molar-refractivity contribution in [2.45, 2.75) is 33.1 Å². The summed E-state index contributed by atoms with van der Waals surface area (Å²) >= 11 is 0. The smallest absolute Gasteiger partial charge is 0.159 e. The van der Waals surface area contributed by atoms with Crippen LogP contribution in [-0.4, -0.2) is 0 Å². The molecule has 13 aromatic rings. The Morgan fingerprint density at radius 1 is 0.315 bits per heavy atom. The zero-order chi connectivity index (χ0) is 49.0. The van der Waals surface area contributed by atoms with Crippen LogP contribution < -0.4 is 9.80 Å². The van der Waals surface area contributed by atoms with Gasteiger partial charge in [-0.05, 0) is 155 Å². The Morgan fingerprint density at radius 3 is 1.33 bits per heavy atom. The first-order valence-corrected chi connectivity index (χ1v) is 25.2. The lowest BCUT2D eigenvalue weighted by molar-refractivity contribution is 0.668. The zero-order valence-corrected chi connectivity index (χ0v) is 41.2. The Balaban J connectivity index is 1.10. The fourth-order valence-electron chi connectivity index (χ4n) is 12.0. The average molecular weight is 939 g/mol. The molecule has 11 aromatic carbocycles. The first kappa shape index (κ1) is 42.7. The number of aryl methyl sites for hydroxylation is 4. The summed E-state index contributed by atoms with van der Waals surface area (Å²) in [5.41, 5.74) is 21.0. The summed E-state index contributed by atoms with van der Waals surface area (Å²) in [6.45, 7) is 8.78. The van der Waals surface area contributed by atoms with Crippen molar-refractivity contribution in [2.75, 3.05) is 9.80 Å². The minimum absolute atomic E-state index is 0.761. The number of rotatable bonds is 8. The van der Waals surface area contributed by atoms with E-state index in [-0.39, 0.29) is 0 Å². The molecule has 2 aromatic heterocycles. The van der Waals surface area contributed by atoms with Crippen molar-refractivity contribution >= 4 is 88.8 Å². The molecule has 2 heterocycles. The van der Waals surface area contributed by atoms with Crippen molar-refractivity contribution < 1.29 is 8.83 Å². The molecule has 0 N–H and O–H groups in total. The molecular weight excluding hydrogens is 889 g/mol. The lowest BCUT2D eigenvalue weighted by Gasteiger charge is -2.36. The van der Waals surface area contributed by atoms with Gasteiger partial charge in [-0.15, -0.1) is 0 Å². The molecule has 0 amide bonds. The van der Waals surface area contributed by atoms with Crippen molar-refractivity contribution in [3.05, 3.63) is 275 Å². The van der Waals surface area contributed by atoms with Crippen molar-refractivity contribution in [1.82, 2.24) is 0 Å². The molecule has 1 aliphatic carbocycles. The molecule has 0 saturated carbocycles. The van der Waals surface area contributed by atoms with Gasteiger partial charge in [0.25, 0.3) is 0 Å². The molecule has 0 fully saturated rings. The molecule has 348 valence electrons.